The van der Waals surface area contributed by atoms with E-state index in [0.717, 1.165) is 41.4 Å². The average molecular weight is 429 g/mol. The second-order valence-corrected chi connectivity index (χ2v) is 14.4. The van der Waals surface area contributed by atoms with Gasteiger partial charge >= 0.3 is 0 Å². The third-order valence-electron chi connectivity index (χ3n) is 13.7. The summed E-state index contributed by atoms with van der Waals surface area (Å²) in [6, 6.07) is 0. The van der Waals surface area contributed by atoms with Crippen molar-refractivity contribution in [1.82, 2.24) is 0 Å². The molecule has 2 heteroatoms. The summed E-state index contributed by atoms with van der Waals surface area (Å²) in [7, 11) is 2.02. The Hall–Kier alpha value is -0.0800. The maximum absolute atomic E-state index is 9.82. The zero-order valence-corrected chi connectivity index (χ0v) is 21.1. The average Bonchev–Trinajstić information content (AvgIpc) is 3.46. The van der Waals surface area contributed by atoms with Crippen molar-refractivity contribution in [2.45, 2.75) is 98.5 Å². The molecule has 1 N–H and O–H groups in total. The topological polar surface area (TPSA) is 29.5 Å². The Balaban J connectivity index is 1.23. The van der Waals surface area contributed by atoms with Gasteiger partial charge in [-0.1, -0.05) is 34.6 Å². The maximum Gasteiger partial charge on any atom is 0.0638 e. The van der Waals surface area contributed by atoms with E-state index >= 15 is 0 Å². The molecule has 6 rings (SSSR count). The summed E-state index contributed by atoms with van der Waals surface area (Å²) in [5.74, 6) is 6.73. The smallest absolute Gasteiger partial charge is 0.0638 e. The lowest BCUT2D eigenvalue weighted by Gasteiger charge is -2.61. The lowest BCUT2D eigenvalue weighted by molar-refractivity contribution is -0.161. The van der Waals surface area contributed by atoms with Crippen LogP contribution in [-0.2, 0) is 4.74 Å². The van der Waals surface area contributed by atoms with Crippen molar-refractivity contribution in [1.29, 1.82) is 0 Å². The number of ether oxygens (including phenoxy) is 1. The van der Waals surface area contributed by atoms with Crippen LogP contribution in [0.2, 0.25) is 0 Å². The molecule has 0 amide bonds. The summed E-state index contributed by atoms with van der Waals surface area (Å²) >= 11 is 0. The minimum Gasteiger partial charge on any atom is -0.396 e. The molecule has 6 saturated carbocycles. The fourth-order valence-electron chi connectivity index (χ4n) is 11.8. The monoisotopic (exact) mass is 428 g/mol. The van der Waals surface area contributed by atoms with Gasteiger partial charge in [0, 0.05) is 19.1 Å². The van der Waals surface area contributed by atoms with Crippen LogP contribution in [0.25, 0.3) is 0 Å². The molecule has 12 atom stereocenters. The third kappa shape index (κ3) is 2.48. The van der Waals surface area contributed by atoms with Gasteiger partial charge in [0.25, 0.3) is 0 Å². The molecule has 0 radical (unpaired) electrons. The Morgan fingerprint density at radius 2 is 1.74 bits per heavy atom. The van der Waals surface area contributed by atoms with Crippen LogP contribution in [0, 0.1) is 69.0 Å². The quantitative estimate of drug-likeness (QED) is 0.537. The highest BCUT2D eigenvalue weighted by Crippen LogP contribution is 2.82. The Morgan fingerprint density at radius 3 is 2.39 bits per heavy atom. The minimum atomic E-state index is 0.362. The summed E-state index contributed by atoms with van der Waals surface area (Å²) in [6.07, 6.45) is 13.5. The summed E-state index contributed by atoms with van der Waals surface area (Å²) in [5, 5.41) is 9.82. The molecule has 1 spiro atoms. The molecule has 0 saturated heterocycles. The second kappa shape index (κ2) is 6.53. The van der Waals surface area contributed by atoms with E-state index in [1.54, 1.807) is 0 Å². The largest absolute Gasteiger partial charge is 0.396 e. The first-order valence-electron chi connectivity index (χ1n) is 13.8. The Bertz CT molecular complexity index is 745. The van der Waals surface area contributed by atoms with E-state index in [1.807, 2.05) is 7.11 Å². The molecule has 2 nitrogen and oxygen atoms in total. The van der Waals surface area contributed by atoms with E-state index in [-0.39, 0.29) is 0 Å². The fourth-order valence-corrected chi connectivity index (χ4v) is 11.8. The van der Waals surface area contributed by atoms with Gasteiger partial charge < -0.3 is 9.84 Å². The van der Waals surface area contributed by atoms with Crippen molar-refractivity contribution in [2.75, 3.05) is 13.7 Å². The number of aliphatic hydroxyl groups excluding tert-OH is 1. The van der Waals surface area contributed by atoms with Gasteiger partial charge in [-0.15, -0.1) is 0 Å². The molecule has 0 aliphatic heterocycles. The number of hydrogen-bond donors (Lipinski definition) is 1. The van der Waals surface area contributed by atoms with Crippen LogP contribution in [0.1, 0.15) is 92.4 Å². The molecule has 0 heterocycles. The van der Waals surface area contributed by atoms with Gasteiger partial charge in [-0.05, 0) is 121 Å². The molecule has 0 aromatic heterocycles. The molecular weight excluding hydrogens is 380 g/mol. The zero-order valence-electron chi connectivity index (χ0n) is 21.1. The summed E-state index contributed by atoms with van der Waals surface area (Å²) < 4.78 is 6.30. The van der Waals surface area contributed by atoms with E-state index in [4.69, 9.17) is 4.74 Å². The van der Waals surface area contributed by atoms with Gasteiger partial charge in [-0.25, -0.2) is 0 Å². The van der Waals surface area contributed by atoms with Crippen molar-refractivity contribution in [3.8, 4) is 0 Å². The number of methoxy groups -OCH3 is 1. The first-order chi connectivity index (χ1) is 14.6. The molecule has 31 heavy (non-hydrogen) atoms. The Kier molecular flexibility index (Phi) is 4.52. The summed E-state index contributed by atoms with van der Waals surface area (Å²) in [5.41, 5.74) is 2.01. The molecule has 0 aromatic rings. The predicted octanol–water partition coefficient (Wildman–Crippen LogP) is 6.56. The third-order valence-corrected chi connectivity index (χ3v) is 13.7. The van der Waals surface area contributed by atoms with Crippen LogP contribution in [0.3, 0.4) is 0 Å². The first-order valence-corrected chi connectivity index (χ1v) is 13.8. The SMILES string of the molecule is CO[C@@H]1C[C@H]2[C@@H]3CC[C@H]([C@H](C)CC4C(CO)C4(C)C)[C@@]3(C)CC[C@@H]2[C@@]2(C)CC[C@@H]3C[C@]312. The molecule has 0 aromatic carbocycles. The van der Waals surface area contributed by atoms with Gasteiger partial charge in [-0.3, -0.25) is 0 Å². The van der Waals surface area contributed by atoms with Crippen LogP contribution in [0.15, 0.2) is 0 Å². The Labute approximate surface area is 191 Å². The fraction of sp³-hybridized carbons (Fsp3) is 1.00. The van der Waals surface area contributed by atoms with Crippen LogP contribution in [-0.4, -0.2) is 24.9 Å². The molecule has 0 bridgehead atoms. The number of rotatable bonds is 5. The second-order valence-electron chi connectivity index (χ2n) is 14.4. The number of aliphatic hydroxyl groups is 1. The lowest BCUT2D eigenvalue weighted by atomic mass is 9.45. The lowest BCUT2D eigenvalue weighted by Crippen LogP contribution is -2.57. The van der Waals surface area contributed by atoms with Crippen LogP contribution < -0.4 is 0 Å². The first kappa shape index (κ1) is 21.5. The minimum absolute atomic E-state index is 0.362. The van der Waals surface area contributed by atoms with E-state index in [0.29, 0.717) is 40.3 Å². The van der Waals surface area contributed by atoms with E-state index in [1.165, 1.54) is 57.8 Å². The summed E-state index contributed by atoms with van der Waals surface area (Å²) in [4.78, 5) is 0. The molecular formula is C29H48O2. The van der Waals surface area contributed by atoms with E-state index in [2.05, 4.69) is 34.6 Å². The highest BCUT2D eigenvalue weighted by atomic mass is 16.5. The van der Waals surface area contributed by atoms with Crippen molar-refractivity contribution in [2.24, 2.45) is 69.0 Å². The highest BCUT2D eigenvalue weighted by molar-refractivity contribution is 5.26. The van der Waals surface area contributed by atoms with Gasteiger partial charge in [-0.2, -0.15) is 0 Å². The summed E-state index contributed by atoms with van der Waals surface area (Å²) in [6.45, 7) is 13.1. The van der Waals surface area contributed by atoms with Crippen LogP contribution in [0.5, 0.6) is 0 Å². The number of hydrogen-bond acceptors (Lipinski definition) is 2. The van der Waals surface area contributed by atoms with Gasteiger partial charge in [0.1, 0.15) is 0 Å². The van der Waals surface area contributed by atoms with Gasteiger partial charge in [0.2, 0.25) is 0 Å². The van der Waals surface area contributed by atoms with Crippen molar-refractivity contribution >= 4 is 0 Å². The molecule has 2 unspecified atom stereocenters. The van der Waals surface area contributed by atoms with Crippen molar-refractivity contribution in [3.05, 3.63) is 0 Å². The normalized spacial score (nSPS) is 59.3. The molecule has 176 valence electrons. The molecule has 6 aliphatic rings. The molecule has 6 aliphatic carbocycles. The van der Waals surface area contributed by atoms with Crippen molar-refractivity contribution in [3.63, 3.8) is 0 Å². The number of fused-ring (bicyclic) bond motifs is 4. The highest BCUT2D eigenvalue weighted by Gasteiger charge is 2.77. The predicted molar refractivity (Wildman–Crippen MR) is 125 cm³/mol. The van der Waals surface area contributed by atoms with Gasteiger partial charge in [0.05, 0.1) is 6.10 Å². The van der Waals surface area contributed by atoms with Crippen LogP contribution in [0.4, 0.5) is 0 Å². The Morgan fingerprint density at radius 1 is 0.968 bits per heavy atom. The van der Waals surface area contributed by atoms with Crippen molar-refractivity contribution < 1.29 is 9.84 Å². The standard InChI is InChI=1S/C29H48O2/c1-17(13-23-24(16-30)26(23,2)3)20-7-8-21-19-14-25(31-6)29-15-18(29)9-12-28(29,5)22(19)10-11-27(20,21)4/h17-25,30H,7-16H2,1-6H3/t17-,18-,19+,20-,21+,22+,23?,24?,25-,27-,28-,29+/m1/s1. The van der Waals surface area contributed by atoms with Crippen LogP contribution >= 0.6 is 0 Å². The van der Waals surface area contributed by atoms with E-state index in [9.17, 15) is 5.11 Å². The van der Waals surface area contributed by atoms with Gasteiger partial charge in [0.15, 0.2) is 0 Å². The van der Waals surface area contributed by atoms with E-state index < -0.39 is 0 Å². The zero-order chi connectivity index (χ0) is 22.0. The maximum atomic E-state index is 9.82. The molecule has 6 fully saturated rings.